The third-order valence-electron chi connectivity index (χ3n) is 3.84. The molecule has 5 nitrogen and oxygen atoms in total. The van der Waals surface area contributed by atoms with Crippen LogP contribution in [-0.2, 0) is 0 Å². The Morgan fingerprint density at radius 3 is 2.65 bits per heavy atom. The van der Waals surface area contributed by atoms with Crippen LogP contribution in [0.5, 0.6) is 17.4 Å². The lowest BCUT2D eigenvalue weighted by molar-refractivity contribution is 0.112. The Kier molecular flexibility index (Phi) is 4.33. The predicted octanol–water partition coefficient (Wildman–Crippen LogP) is 4.97. The second kappa shape index (κ2) is 6.93. The molecule has 0 saturated carbocycles. The molecule has 4 aromatic rings. The number of fused-ring (bicyclic) bond motifs is 1. The fourth-order valence-corrected chi connectivity index (χ4v) is 3.24. The number of para-hydroxylation sites is 1. The third-order valence-corrected chi connectivity index (χ3v) is 4.71. The number of rotatable bonds is 5. The van der Waals surface area contributed by atoms with Gasteiger partial charge in [-0.25, -0.2) is 4.98 Å². The van der Waals surface area contributed by atoms with E-state index >= 15 is 0 Å². The largest absolute Gasteiger partial charge is 0.493 e. The number of ether oxygens (including phenoxy) is 2. The maximum atomic E-state index is 11.0. The van der Waals surface area contributed by atoms with Crippen molar-refractivity contribution in [3.63, 3.8) is 0 Å². The fraction of sp³-hybridized carbons (Fsp3) is 0.0500. The fourth-order valence-electron chi connectivity index (χ4n) is 2.59. The number of hydrogen-bond acceptors (Lipinski definition) is 6. The molecule has 0 saturated heterocycles. The maximum Gasteiger partial charge on any atom is 0.230 e. The smallest absolute Gasteiger partial charge is 0.230 e. The molecule has 2 aromatic heterocycles. The summed E-state index contributed by atoms with van der Waals surface area (Å²) in [4.78, 5) is 21.2. The number of benzene rings is 2. The van der Waals surface area contributed by atoms with Gasteiger partial charge in [0.15, 0.2) is 17.3 Å². The van der Waals surface area contributed by atoms with Crippen LogP contribution >= 0.6 is 11.3 Å². The molecule has 0 amide bonds. The summed E-state index contributed by atoms with van der Waals surface area (Å²) in [5.74, 6) is 2.00. The lowest BCUT2D eigenvalue weighted by atomic mass is 10.2. The molecule has 0 bridgehead atoms. The summed E-state index contributed by atoms with van der Waals surface area (Å²) in [5, 5.41) is 2.78. The van der Waals surface area contributed by atoms with Gasteiger partial charge in [0.2, 0.25) is 5.88 Å². The Morgan fingerprint density at radius 1 is 1.00 bits per heavy atom. The first-order valence-electron chi connectivity index (χ1n) is 7.90. The summed E-state index contributed by atoms with van der Waals surface area (Å²) in [6.07, 6.45) is 0.765. The Labute approximate surface area is 153 Å². The van der Waals surface area contributed by atoms with Gasteiger partial charge >= 0.3 is 0 Å². The first kappa shape index (κ1) is 16.2. The predicted molar refractivity (Wildman–Crippen MR) is 101 cm³/mol. The van der Waals surface area contributed by atoms with Crippen LogP contribution < -0.4 is 9.47 Å². The van der Waals surface area contributed by atoms with Gasteiger partial charge in [-0.2, -0.15) is 4.98 Å². The molecule has 0 aliphatic carbocycles. The highest BCUT2D eigenvalue weighted by Crippen LogP contribution is 2.35. The van der Waals surface area contributed by atoms with Gasteiger partial charge in [0.05, 0.1) is 22.9 Å². The van der Waals surface area contributed by atoms with Crippen molar-refractivity contribution in [1.29, 1.82) is 0 Å². The summed E-state index contributed by atoms with van der Waals surface area (Å²) >= 11 is 1.57. The molecule has 0 spiro atoms. The third kappa shape index (κ3) is 3.02. The van der Waals surface area contributed by atoms with E-state index in [2.05, 4.69) is 9.97 Å². The molecule has 128 valence electrons. The molecule has 0 radical (unpaired) electrons. The van der Waals surface area contributed by atoms with Crippen molar-refractivity contribution in [3.05, 3.63) is 65.5 Å². The summed E-state index contributed by atoms with van der Waals surface area (Å²) in [7, 11) is 1.53. The van der Waals surface area contributed by atoms with Crippen LogP contribution in [0.3, 0.4) is 0 Å². The van der Waals surface area contributed by atoms with Crippen molar-refractivity contribution < 1.29 is 14.3 Å². The molecular weight excluding hydrogens is 348 g/mol. The maximum absolute atomic E-state index is 11.0. The van der Waals surface area contributed by atoms with Gasteiger partial charge in [-0.05, 0) is 41.8 Å². The minimum absolute atomic E-state index is 0.441. The van der Waals surface area contributed by atoms with Gasteiger partial charge in [0.25, 0.3) is 0 Å². The van der Waals surface area contributed by atoms with Crippen molar-refractivity contribution in [3.8, 4) is 28.1 Å². The monoisotopic (exact) mass is 362 g/mol. The minimum Gasteiger partial charge on any atom is -0.493 e. The second-order valence-corrected chi connectivity index (χ2v) is 6.42. The molecule has 2 aromatic carbocycles. The van der Waals surface area contributed by atoms with Crippen molar-refractivity contribution >= 4 is 28.5 Å². The minimum atomic E-state index is 0.441. The highest BCUT2D eigenvalue weighted by molar-refractivity contribution is 7.13. The number of aromatic nitrogens is 2. The number of hydrogen-bond donors (Lipinski definition) is 0. The first-order chi connectivity index (χ1) is 12.8. The molecule has 0 aliphatic rings. The van der Waals surface area contributed by atoms with E-state index in [1.165, 1.54) is 7.11 Å². The number of thiophene rings is 1. The summed E-state index contributed by atoms with van der Waals surface area (Å²) < 4.78 is 11.4. The van der Waals surface area contributed by atoms with E-state index in [0.717, 1.165) is 22.1 Å². The van der Waals surface area contributed by atoms with Crippen LogP contribution in [0.25, 0.3) is 21.6 Å². The lowest BCUT2D eigenvalue weighted by Gasteiger charge is -2.12. The van der Waals surface area contributed by atoms with E-state index in [1.54, 1.807) is 29.5 Å². The Balaban J connectivity index is 1.84. The number of carbonyl (C=O) groups excluding carboxylic acids is 1. The van der Waals surface area contributed by atoms with Gasteiger partial charge in [0.1, 0.15) is 6.29 Å². The highest BCUT2D eigenvalue weighted by atomic mass is 32.1. The number of carbonyl (C=O) groups is 1. The van der Waals surface area contributed by atoms with Crippen molar-refractivity contribution in [2.24, 2.45) is 0 Å². The van der Waals surface area contributed by atoms with Crippen LogP contribution in [0.4, 0.5) is 0 Å². The SMILES string of the molecule is COc1cc(C=O)ccc1Oc1nc(-c2cccs2)nc2ccccc12. The van der Waals surface area contributed by atoms with E-state index in [9.17, 15) is 4.79 Å². The molecule has 26 heavy (non-hydrogen) atoms. The molecule has 0 fully saturated rings. The van der Waals surface area contributed by atoms with E-state index in [4.69, 9.17) is 9.47 Å². The van der Waals surface area contributed by atoms with Gasteiger partial charge < -0.3 is 9.47 Å². The number of aldehydes is 1. The molecule has 2 heterocycles. The molecular formula is C20H14N2O3S. The van der Waals surface area contributed by atoms with Crippen LogP contribution in [-0.4, -0.2) is 23.4 Å². The van der Waals surface area contributed by atoms with Gasteiger partial charge in [0, 0.05) is 5.56 Å². The average molecular weight is 362 g/mol. The van der Waals surface area contributed by atoms with E-state index in [1.807, 2.05) is 41.8 Å². The van der Waals surface area contributed by atoms with E-state index < -0.39 is 0 Å². The Hall–Kier alpha value is -3.25. The molecule has 0 N–H and O–H groups in total. The van der Waals surface area contributed by atoms with E-state index in [-0.39, 0.29) is 0 Å². The average Bonchev–Trinajstić information content (AvgIpc) is 3.23. The number of methoxy groups -OCH3 is 1. The zero-order chi connectivity index (χ0) is 17.9. The van der Waals surface area contributed by atoms with Crippen molar-refractivity contribution in [2.45, 2.75) is 0 Å². The molecule has 0 aliphatic heterocycles. The highest BCUT2D eigenvalue weighted by Gasteiger charge is 2.14. The second-order valence-electron chi connectivity index (χ2n) is 5.48. The van der Waals surface area contributed by atoms with Crippen LogP contribution in [0.1, 0.15) is 10.4 Å². The molecule has 0 unspecified atom stereocenters. The Morgan fingerprint density at radius 2 is 1.88 bits per heavy atom. The summed E-state index contributed by atoms with van der Waals surface area (Å²) in [6.45, 7) is 0. The zero-order valence-corrected chi connectivity index (χ0v) is 14.7. The van der Waals surface area contributed by atoms with Gasteiger partial charge in [-0.3, -0.25) is 4.79 Å². The normalized spacial score (nSPS) is 10.7. The van der Waals surface area contributed by atoms with Crippen LogP contribution in [0.2, 0.25) is 0 Å². The summed E-state index contributed by atoms with van der Waals surface area (Å²) in [6, 6.07) is 16.6. The zero-order valence-electron chi connectivity index (χ0n) is 13.9. The quantitative estimate of drug-likeness (QED) is 0.469. The number of nitrogens with zero attached hydrogens (tertiary/aromatic N) is 2. The van der Waals surface area contributed by atoms with Gasteiger partial charge in [-0.1, -0.05) is 18.2 Å². The molecule has 0 atom stereocenters. The molecule has 4 rings (SSSR count). The topological polar surface area (TPSA) is 61.3 Å². The first-order valence-corrected chi connectivity index (χ1v) is 8.78. The lowest BCUT2D eigenvalue weighted by Crippen LogP contribution is -1.97. The standard InChI is InChI=1S/C20H14N2O3S/c1-24-17-11-13(12-23)8-9-16(17)25-20-14-5-2-3-6-15(14)21-19(22-20)18-7-4-10-26-18/h2-12H,1H3. The van der Waals surface area contributed by atoms with Crippen molar-refractivity contribution in [1.82, 2.24) is 9.97 Å². The van der Waals surface area contributed by atoms with E-state index in [0.29, 0.717) is 28.8 Å². The van der Waals surface area contributed by atoms with Crippen LogP contribution in [0.15, 0.2) is 60.0 Å². The molecule has 6 heteroatoms. The van der Waals surface area contributed by atoms with Gasteiger partial charge in [-0.15, -0.1) is 11.3 Å². The van der Waals surface area contributed by atoms with Crippen molar-refractivity contribution in [2.75, 3.05) is 7.11 Å². The van der Waals surface area contributed by atoms with Crippen LogP contribution in [0, 0.1) is 0 Å². The Bertz CT molecular complexity index is 1080. The summed E-state index contributed by atoms with van der Waals surface area (Å²) in [5.41, 5.74) is 1.31.